The molecule has 0 atom stereocenters. The number of nitrogens with zero attached hydrogens (tertiary/aromatic N) is 2. The van der Waals surface area contributed by atoms with E-state index >= 15 is 0 Å². The molecular formula is C18H21N3OS. The summed E-state index contributed by atoms with van der Waals surface area (Å²) in [7, 11) is 0. The average molecular weight is 327 g/mol. The number of imidazole rings is 1. The van der Waals surface area contributed by atoms with Crippen LogP contribution in [0.25, 0.3) is 11.0 Å². The largest absolute Gasteiger partial charge is 0.352 e. The molecule has 0 radical (unpaired) electrons. The predicted octanol–water partition coefficient (Wildman–Crippen LogP) is 3.84. The SMILES string of the molecule is Cc1cc(C(=O)NCCCn2c(C)nc3ccccc32)c(C)s1. The van der Waals surface area contributed by atoms with Crippen LogP contribution in [0.15, 0.2) is 30.3 Å². The Balaban J connectivity index is 1.58. The quantitative estimate of drug-likeness (QED) is 0.724. The normalized spacial score (nSPS) is 11.1. The highest BCUT2D eigenvalue weighted by molar-refractivity contribution is 7.12. The van der Waals surface area contributed by atoms with Gasteiger partial charge in [-0.2, -0.15) is 0 Å². The molecule has 4 nitrogen and oxygen atoms in total. The lowest BCUT2D eigenvalue weighted by Gasteiger charge is -2.08. The van der Waals surface area contributed by atoms with Crippen LogP contribution in [-0.4, -0.2) is 22.0 Å². The van der Waals surface area contributed by atoms with Gasteiger partial charge in [-0.3, -0.25) is 4.79 Å². The molecule has 0 spiro atoms. The van der Waals surface area contributed by atoms with Gasteiger partial charge in [-0.25, -0.2) is 4.98 Å². The third kappa shape index (κ3) is 3.29. The van der Waals surface area contributed by atoms with E-state index in [0.29, 0.717) is 6.54 Å². The number of nitrogens with one attached hydrogen (secondary N) is 1. The summed E-state index contributed by atoms with van der Waals surface area (Å²) >= 11 is 1.66. The first-order valence-electron chi connectivity index (χ1n) is 7.83. The van der Waals surface area contributed by atoms with E-state index in [1.54, 1.807) is 11.3 Å². The number of amides is 1. The Hall–Kier alpha value is -2.14. The van der Waals surface area contributed by atoms with Crippen molar-refractivity contribution >= 4 is 28.3 Å². The van der Waals surface area contributed by atoms with Crippen molar-refractivity contribution in [3.8, 4) is 0 Å². The van der Waals surface area contributed by atoms with Crippen LogP contribution in [0.4, 0.5) is 0 Å². The average Bonchev–Trinajstić information content (AvgIpc) is 3.02. The minimum absolute atomic E-state index is 0.0269. The molecule has 0 unspecified atom stereocenters. The van der Waals surface area contributed by atoms with Gasteiger partial charge in [0.2, 0.25) is 0 Å². The monoisotopic (exact) mass is 327 g/mol. The maximum absolute atomic E-state index is 12.2. The minimum Gasteiger partial charge on any atom is -0.352 e. The molecule has 3 aromatic rings. The number of aryl methyl sites for hydroxylation is 4. The lowest BCUT2D eigenvalue weighted by atomic mass is 10.2. The Morgan fingerprint density at radius 2 is 2.04 bits per heavy atom. The summed E-state index contributed by atoms with van der Waals surface area (Å²) in [6.07, 6.45) is 0.884. The fourth-order valence-corrected chi connectivity index (χ4v) is 3.79. The van der Waals surface area contributed by atoms with Crippen LogP contribution in [0, 0.1) is 20.8 Å². The number of rotatable bonds is 5. The van der Waals surface area contributed by atoms with E-state index in [4.69, 9.17) is 0 Å². The first-order valence-corrected chi connectivity index (χ1v) is 8.65. The van der Waals surface area contributed by atoms with Gasteiger partial charge in [-0.15, -0.1) is 11.3 Å². The van der Waals surface area contributed by atoms with E-state index in [1.807, 2.05) is 45.0 Å². The highest BCUT2D eigenvalue weighted by Crippen LogP contribution is 2.20. The van der Waals surface area contributed by atoms with Crippen molar-refractivity contribution in [1.82, 2.24) is 14.9 Å². The molecule has 5 heteroatoms. The second kappa shape index (κ2) is 6.54. The smallest absolute Gasteiger partial charge is 0.252 e. The summed E-state index contributed by atoms with van der Waals surface area (Å²) in [5.41, 5.74) is 2.98. The molecule has 0 saturated carbocycles. The molecule has 0 saturated heterocycles. The van der Waals surface area contributed by atoms with Crippen molar-refractivity contribution in [2.45, 2.75) is 33.7 Å². The van der Waals surface area contributed by atoms with Crippen LogP contribution in [-0.2, 0) is 6.54 Å². The zero-order valence-corrected chi connectivity index (χ0v) is 14.5. The van der Waals surface area contributed by atoms with E-state index in [0.717, 1.165) is 40.3 Å². The summed E-state index contributed by atoms with van der Waals surface area (Å²) in [5.74, 6) is 1.04. The number of para-hydroxylation sites is 2. The van der Waals surface area contributed by atoms with Gasteiger partial charge in [0.05, 0.1) is 16.6 Å². The molecule has 1 N–H and O–H groups in total. The Labute approximate surface area is 140 Å². The molecule has 0 bridgehead atoms. The van der Waals surface area contributed by atoms with Crippen LogP contribution in [0.1, 0.15) is 32.4 Å². The van der Waals surface area contributed by atoms with Crippen molar-refractivity contribution in [3.05, 3.63) is 51.5 Å². The van der Waals surface area contributed by atoms with Crippen LogP contribution in [0.2, 0.25) is 0 Å². The van der Waals surface area contributed by atoms with Crippen LogP contribution in [0.3, 0.4) is 0 Å². The number of fused-ring (bicyclic) bond motifs is 1. The zero-order chi connectivity index (χ0) is 16.4. The molecule has 2 heterocycles. The maximum atomic E-state index is 12.2. The van der Waals surface area contributed by atoms with E-state index in [-0.39, 0.29) is 5.91 Å². The number of thiophene rings is 1. The van der Waals surface area contributed by atoms with Crippen LogP contribution >= 0.6 is 11.3 Å². The summed E-state index contributed by atoms with van der Waals surface area (Å²) in [6, 6.07) is 10.1. The number of aromatic nitrogens is 2. The lowest BCUT2D eigenvalue weighted by molar-refractivity contribution is 0.0952. The molecule has 0 aliphatic rings. The van der Waals surface area contributed by atoms with E-state index in [1.165, 1.54) is 4.88 Å². The first kappa shape index (κ1) is 15.7. The molecule has 0 fully saturated rings. The topological polar surface area (TPSA) is 46.9 Å². The van der Waals surface area contributed by atoms with Crippen LogP contribution < -0.4 is 5.32 Å². The van der Waals surface area contributed by atoms with Gasteiger partial charge >= 0.3 is 0 Å². The van der Waals surface area contributed by atoms with Gasteiger partial charge in [0.15, 0.2) is 0 Å². The van der Waals surface area contributed by atoms with E-state index in [9.17, 15) is 4.79 Å². The predicted molar refractivity (Wildman–Crippen MR) is 95.2 cm³/mol. The first-order chi connectivity index (χ1) is 11.1. The Morgan fingerprint density at radius 3 is 2.78 bits per heavy atom. The fraction of sp³-hybridized carbons (Fsp3) is 0.333. The zero-order valence-electron chi connectivity index (χ0n) is 13.7. The second-order valence-corrected chi connectivity index (χ2v) is 7.20. The Bertz CT molecular complexity index is 847. The molecule has 120 valence electrons. The Kier molecular flexibility index (Phi) is 4.48. The van der Waals surface area contributed by atoms with Crippen LogP contribution in [0.5, 0.6) is 0 Å². The fourth-order valence-electron chi connectivity index (χ4n) is 2.87. The third-order valence-corrected chi connectivity index (χ3v) is 4.94. The number of hydrogen-bond donors (Lipinski definition) is 1. The summed E-state index contributed by atoms with van der Waals surface area (Å²) in [5, 5.41) is 3.02. The van der Waals surface area contributed by atoms with Gasteiger partial charge in [0.1, 0.15) is 5.82 Å². The van der Waals surface area contributed by atoms with Crippen molar-refractivity contribution in [2.75, 3.05) is 6.54 Å². The second-order valence-electron chi connectivity index (χ2n) is 5.74. The highest BCUT2D eigenvalue weighted by atomic mass is 32.1. The van der Waals surface area contributed by atoms with E-state index < -0.39 is 0 Å². The lowest BCUT2D eigenvalue weighted by Crippen LogP contribution is -2.25. The summed E-state index contributed by atoms with van der Waals surface area (Å²) in [6.45, 7) is 7.57. The van der Waals surface area contributed by atoms with Crippen molar-refractivity contribution < 1.29 is 4.79 Å². The summed E-state index contributed by atoms with van der Waals surface area (Å²) < 4.78 is 2.21. The van der Waals surface area contributed by atoms with Crippen molar-refractivity contribution in [1.29, 1.82) is 0 Å². The van der Waals surface area contributed by atoms with E-state index in [2.05, 4.69) is 20.9 Å². The molecule has 2 aromatic heterocycles. The number of carbonyl (C=O) groups is 1. The molecule has 1 amide bonds. The minimum atomic E-state index is 0.0269. The van der Waals surface area contributed by atoms with Gasteiger partial charge in [-0.1, -0.05) is 12.1 Å². The standard InChI is InChI=1S/C18H21N3OS/c1-12-11-15(13(2)23-12)18(22)19-9-6-10-21-14(3)20-16-7-4-5-8-17(16)21/h4-5,7-8,11H,6,9-10H2,1-3H3,(H,19,22). The molecule has 0 aliphatic heterocycles. The molecule has 3 rings (SSSR count). The third-order valence-electron chi connectivity index (χ3n) is 3.98. The van der Waals surface area contributed by atoms with Crippen molar-refractivity contribution in [3.63, 3.8) is 0 Å². The Morgan fingerprint density at radius 1 is 1.26 bits per heavy atom. The molecule has 1 aromatic carbocycles. The number of hydrogen-bond acceptors (Lipinski definition) is 3. The summed E-state index contributed by atoms with van der Waals surface area (Å²) in [4.78, 5) is 19.0. The van der Waals surface area contributed by atoms with Gasteiger partial charge < -0.3 is 9.88 Å². The van der Waals surface area contributed by atoms with Crippen molar-refractivity contribution in [2.24, 2.45) is 0 Å². The molecular weight excluding hydrogens is 306 g/mol. The van der Waals surface area contributed by atoms with Gasteiger partial charge in [-0.05, 0) is 45.4 Å². The molecule has 0 aliphatic carbocycles. The molecule has 23 heavy (non-hydrogen) atoms. The highest BCUT2D eigenvalue weighted by Gasteiger charge is 2.11. The van der Waals surface area contributed by atoms with Gasteiger partial charge in [0, 0.05) is 22.8 Å². The maximum Gasteiger partial charge on any atom is 0.252 e. The van der Waals surface area contributed by atoms with Gasteiger partial charge in [0.25, 0.3) is 5.91 Å². The number of carbonyl (C=O) groups excluding carboxylic acids is 1. The number of benzene rings is 1.